The van der Waals surface area contributed by atoms with Crippen molar-refractivity contribution in [2.45, 2.75) is 6.54 Å². The van der Waals surface area contributed by atoms with Crippen molar-refractivity contribution < 1.29 is 14.3 Å². The van der Waals surface area contributed by atoms with E-state index in [9.17, 15) is 9.18 Å². The first-order valence-electron chi connectivity index (χ1n) is 4.66. The fourth-order valence-electron chi connectivity index (χ4n) is 1.40. The summed E-state index contributed by atoms with van der Waals surface area (Å²) in [6, 6.07) is 7.29. The molecule has 0 atom stereocenters. The van der Waals surface area contributed by atoms with Crippen LogP contribution in [0.5, 0.6) is 0 Å². The number of benzene rings is 1. The molecule has 2 aromatic rings. The van der Waals surface area contributed by atoms with E-state index >= 15 is 0 Å². The second-order valence-corrected chi connectivity index (χ2v) is 3.31. The van der Waals surface area contributed by atoms with Crippen molar-refractivity contribution >= 4 is 5.97 Å². The third kappa shape index (κ3) is 2.08. The molecule has 0 unspecified atom stereocenters. The van der Waals surface area contributed by atoms with Crippen LogP contribution in [0.4, 0.5) is 4.39 Å². The molecule has 16 heavy (non-hydrogen) atoms. The average Bonchev–Trinajstić information content (AvgIpc) is 2.69. The van der Waals surface area contributed by atoms with E-state index < -0.39 is 5.97 Å². The fraction of sp³-hybridized carbons (Fsp3) is 0.0909. The van der Waals surface area contributed by atoms with Gasteiger partial charge in [-0.1, -0.05) is 12.1 Å². The molecule has 0 amide bonds. The number of carboxylic acid groups (broad SMARTS) is 1. The molecule has 1 aromatic heterocycles. The van der Waals surface area contributed by atoms with Crippen LogP contribution >= 0.6 is 0 Å². The molecule has 0 aliphatic heterocycles. The Hall–Kier alpha value is -2.17. The summed E-state index contributed by atoms with van der Waals surface area (Å²) in [5.74, 6) is -1.35. The van der Waals surface area contributed by atoms with Crippen molar-refractivity contribution in [3.63, 3.8) is 0 Å². The zero-order chi connectivity index (χ0) is 11.5. The van der Waals surface area contributed by atoms with Gasteiger partial charge in [-0.05, 0) is 23.8 Å². The van der Waals surface area contributed by atoms with E-state index in [1.165, 1.54) is 29.1 Å². The van der Waals surface area contributed by atoms with Crippen LogP contribution in [0.2, 0.25) is 0 Å². The molecule has 0 aliphatic rings. The quantitative estimate of drug-likeness (QED) is 0.857. The summed E-state index contributed by atoms with van der Waals surface area (Å²) in [4.78, 5) is 10.8. The van der Waals surface area contributed by atoms with Crippen molar-refractivity contribution in [1.29, 1.82) is 0 Å². The average molecular weight is 220 g/mol. The molecular weight excluding hydrogens is 211 g/mol. The van der Waals surface area contributed by atoms with Crippen LogP contribution in [-0.2, 0) is 6.54 Å². The highest BCUT2D eigenvalue weighted by atomic mass is 19.1. The summed E-state index contributed by atoms with van der Waals surface area (Å²) in [6.45, 7) is 0.314. The van der Waals surface area contributed by atoms with Crippen LogP contribution in [-0.4, -0.2) is 20.9 Å². The first-order chi connectivity index (χ1) is 7.66. The maximum Gasteiger partial charge on any atom is 0.354 e. The second kappa shape index (κ2) is 4.14. The lowest BCUT2D eigenvalue weighted by atomic mass is 10.2. The van der Waals surface area contributed by atoms with Crippen LogP contribution in [0.25, 0.3) is 0 Å². The van der Waals surface area contributed by atoms with Gasteiger partial charge in [-0.3, -0.25) is 4.68 Å². The summed E-state index contributed by atoms with van der Waals surface area (Å²) in [6.07, 6.45) is 1.42. The minimum Gasteiger partial charge on any atom is -0.477 e. The van der Waals surface area contributed by atoms with Gasteiger partial charge in [-0.2, -0.15) is 5.10 Å². The summed E-state index contributed by atoms with van der Waals surface area (Å²) >= 11 is 0. The summed E-state index contributed by atoms with van der Waals surface area (Å²) in [5.41, 5.74) is 0.914. The minimum absolute atomic E-state index is 0.115. The number of nitrogens with zero attached hydrogens (tertiary/aromatic N) is 2. The third-order valence-corrected chi connectivity index (χ3v) is 2.18. The van der Waals surface area contributed by atoms with Crippen molar-refractivity contribution in [1.82, 2.24) is 9.78 Å². The lowest BCUT2D eigenvalue weighted by molar-refractivity contribution is 0.0684. The summed E-state index contributed by atoms with van der Waals surface area (Å²) in [5, 5.41) is 12.8. The Morgan fingerprint density at radius 3 is 2.62 bits per heavy atom. The number of aromatic carboxylic acids is 1. The molecule has 1 aromatic carbocycles. The molecule has 0 saturated heterocycles. The monoisotopic (exact) mass is 220 g/mol. The van der Waals surface area contributed by atoms with E-state index in [1.807, 2.05) is 0 Å². The normalized spacial score (nSPS) is 10.3. The molecular formula is C11H9FN2O2. The molecule has 0 radical (unpaired) electrons. The van der Waals surface area contributed by atoms with Crippen LogP contribution in [0.3, 0.4) is 0 Å². The first-order valence-corrected chi connectivity index (χ1v) is 4.66. The molecule has 82 valence electrons. The maximum atomic E-state index is 12.7. The topological polar surface area (TPSA) is 55.1 Å². The number of hydrogen-bond acceptors (Lipinski definition) is 2. The Bertz CT molecular complexity index is 505. The van der Waals surface area contributed by atoms with Gasteiger partial charge in [0.1, 0.15) is 11.5 Å². The number of aromatic nitrogens is 2. The zero-order valence-corrected chi connectivity index (χ0v) is 8.30. The van der Waals surface area contributed by atoms with Gasteiger partial charge in [0.15, 0.2) is 0 Å². The van der Waals surface area contributed by atoms with E-state index in [0.717, 1.165) is 5.56 Å². The van der Waals surface area contributed by atoms with Gasteiger partial charge in [0.25, 0.3) is 0 Å². The van der Waals surface area contributed by atoms with Gasteiger partial charge >= 0.3 is 5.97 Å². The van der Waals surface area contributed by atoms with Crippen LogP contribution in [0, 0.1) is 5.82 Å². The van der Waals surface area contributed by atoms with Gasteiger partial charge < -0.3 is 5.11 Å². The largest absolute Gasteiger partial charge is 0.477 e. The van der Waals surface area contributed by atoms with Crippen LogP contribution in [0.15, 0.2) is 36.5 Å². The number of carboxylic acids is 1. The number of carbonyl (C=O) groups is 1. The number of hydrogen-bond donors (Lipinski definition) is 1. The van der Waals surface area contributed by atoms with Crippen molar-refractivity contribution in [3.8, 4) is 0 Å². The summed E-state index contributed by atoms with van der Waals surface area (Å²) < 4.78 is 14.0. The Balaban J connectivity index is 2.23. The van der Waals surface area contributed by atoms with Crippen molar-refractivity contribution in [3.05, 3.63) is 53.6 Å². The number of rotatable bonds is 3. The Morgan fingerprint density at radius 2 is 2.00 bits per heavy atom. The van der Waals surface area contributed by atoms with E-state index in [4.69, 9.17) is 5.11 Å². The Morgan fingerprint density at radius 1 is 1.31 bits per heavy atom. The molecule has 0 aliphatic carbocycles. The van der Waals surface area contributed by atoms with Gasteiger partial charge in [-0.15, -0.1) is 0 Å². The van der Waals surface area contributed by atoms with Crippen molar-refractivity contribution in [2.75, 3.05) is 0 Å². The predicted octanol–water partition coefficient (Wildman–Crippen LogP) is 1.77. The van der Waals surface area contributed by atoms with E-state index in [2.05, 4.69) is 5.10 Å². The fourth-order valence-corrected chi connectivity index (χ4v) is 1.40. The lowest BCUT2D eigenvalue weighted by Gasteiger charge is -2.04. The SMILES string of the molecule is O=C(O)c1ccnn1Cc1ccc(F)cc1. The van der Waals surface area contributed by atoms with E-state index in [0.29, 0.717) is 6.54 Å². The van der Waals surface area contributed by atoms with E-state index in [1.54, 1.807) is 12.1 Å². The van der Waals surface area contributed by atoms with Gasteiger partial charge in [0.05, 0.1) is 6.54 Å². The highest BCUT2D eigenvalue weighted by Crippen LogP contribution is 2.07. The highest BCUT2D eigenvalue weighted by Gasteiger charge is 2.09. The maximum absolute atomic E-state index is 12.7. The minimum atomic E-state index is -1.03. The zero-order valence-electron chi connectivity index (χ0n) is 8.30. The smallest absolute Gasteiger partial charge is 0.354 e. The van der Waals surface area contributed by atoms with Gasteiger partial charge in [-0.25, -0.2) is 9.18 Å². The van der Waals surface area contributed by atoms with Gasteiger partial charge in [0.2, 0.25) is 0 Å². The summed E-state index contributed by atoms with van der Waals surface area (Å²) in [7, 11) is 0. The van der Waals surface area contributed by atoms with Crippen molar-refractivity contribution in [2.24, 2.45) is 0 Å². The molecule has 0 saturated carbocycles. The van der Waals surface area contributed by atoms with Crippen LogP contribution < -0.4 is 0 Å². The molecule has 4 nitrogen and oxygen atoms in total. The highest BCUT2D eigenvalue weighted by molar-refractivity contribution is 5.85. The predicted molar refractivity (Wildman–Crippen MR) is 54.7 cm³/mol. The van der Waals surface area contributed by atoms with Gasteiger partial charge in [0, 0.05) is 6.20 Å². The number of halogens is 1. The van der Waals surface area contributed by atoms with E-state index in [-0.39, 0.29) is 11.5 Å². The molecule has 0 fully saturated rings. The molecule has 1 heterocycles. The standard InChI is InChI=1S/C11H9FN2O2/c12-9-3-1-8(2-4-9)7-14-10(11(15)16)5-6-13-14/h1-6H,7H2,(H,15,16). The molecule has 5 heteroatoms. The molecule has 1 N–H and O–H groups in total. The van der Waals surface area contributed by atoms with Crippen LogP contribution in [0.1, 0.15) is 16.1 Å². The first kappa shape index (κ1) is 10.4. The third-order valence-electron chi connectivity index (χ3n) is 2.18. The molecule has 0 bridgehead atoms. The molecule has 0 spiro atoms. The second-order valence-electron chi connectivity index (χ2n) is 3.31. The Labute approximate surface area is 90.9 Å². The molecule has 2 rings (SSSR count). The Kier molecular flexibility index (Phi) is 2.68. The lowest BCUT2D eigenvalue weighted by Crippen LogP contribution is -2.10.